The molecule has 0 spiro atoms. The molecule has 2 aromatic carbocycles. The lowest BCUT2D eigenvalue weighted by molar-refractivity contribution is 0.912. The second-order valence-corrected chi connectivity index (χ2v) is 6.18. The van der Waals surface area contributed by atoms with Gasteiger partial charge in [-0.15, -0.1) is 0 Å². The molecule has 0 aliphatic carbocycles. The molecule has 0 fully saturated rings. The van der Waals surface area contributed by atoms with Crippen LogP contribution in [0.5, 0.6) is 0 Å². The van der Waals surface area contributed by atoms with Crippen molar-refractivity contribution in [2.45, 2.75) is 18.2 Å². The lowest BCUT2D eigenvalue weighted by Gasteiger charge is -2.10. The van der Waals surface area contributed by atoms with Crippen LogP contribution in [0.25, 0.3) is 10.9 Å². The highest BCUT2D eigenvalue weighted by Crippen LogP contribution is 2.27. The van der Waals surface area contributed by atoms with Crippen molar-refractivity contribution in [1.29, 1.82) is 0 Å². The molecule has 0 N–H and O–H groups in total. The summed E-state index contributed by atoms with van der Waals surface area (Å²) in [4.78, 5) is 5.03. The SMILES string of the molecule is Cc1ccc(C(Br)Cc2ccc3ccccc3n2)cc1. The third kappa shape index (κ3) is 2.91. The van der Waals surface area contributed by atoms with Crippen LogP contribution in [0.4, 0.5) is 0 Å². The number of halogens is 1. The Labute approximate surface area is 127 Å². The number of para-hydroxylation sites is 1. The Morgan fingerprint density at radius 1 is 0.950 bits per heavy atom. The monoisotopic (exact) mass is 325 g/mol. The van der Waals surface area contributed by atoms with Gasteiger partial charge in [0.2, 0.25) is 0 Å². The van der Waals surface area contributed by atoms with E-state index in [4.69, 9.17) is 4.98 Å². The van der Waals surface area contributed by atoms with E-state index in [0.717, 1.165) is 17.6 Å². The van der Waals surface area contributed by atoms with Gasteiger partial charge >= 0.3 is 0 Å². The maximum absolute atomic E-state index is 4.73. The fourth-order valence-corrected chi connectivity index (χ4v) is 2.94. The van der Waals surface area contributed by atoms with Gasteiger partial charge in [-0.2, -0.15) is 0 Å². The van der Waals surface area contributed by atoms with Crippen molar-refractivity contribution in [1.82, 2.24) is 4.98 Å². The first-order chi connectivity index (χ1) is 9.72. The van der Waals surface area contributed by atoms with E-state index in [9.17, 15) is 0 Å². The lowest BCUT2D eigenvalue weighted by Crippen LogP contribution is -1.98. The predicted octanol–water partition coefficient (Wildman–Crippen LogP) is 5.22. The van der Waals surface area contributed by atoms with Gasteiger partial charge in [0, 0.05) is 22.3 Å². The van der Waals surface area contributed by atoms with Crippen molar-refractivity contribution in [3.63, 3.8) is 0 Å². The first-order valence-electron chi connectivity index (χ1n) is 6.78. The van der Waals surface area contributed by atoms with Crippen LogP contribution in [0.15, 0.2) is 60.7 Å². The van der Waals surface area contributed by atoms with E-state index in [1.807, 2.05) is 12.1 Å². The van der Waals surface area contributed by atoms with Gasteiger partial charge in [-0.1, -0.05) is 70.0 Å². The second kappa shape index (κ2) is 5.76. The number of fused-ring (bicyclic) bond motifs is 1. The highest BCUT2D eigenvalue weighted by Gasteiger charge is 2.09. The standard InChI is InChI=1S/C18H16BrN/c1-13-6-8-14(9-7-13)17(19)12-16-11-10-15-4-2-3-5-18(15)20-16/h2-11,17H,12H2,1H3. The summed E-state index contributed by atoms with van der Waals surface area (Å²) in [6.07, 6.45) is 0.897. The van der Waals surface area contributed by atoms with E-state index in [1.165, 1.54) is 16.5 Å². The number of benzene rings is 2. The Hall–Kier alpha value is -1.67. The fraction of sp³-hybridized carbons (Fsp3) is 0.167. The van der Waals surface area contributed by atoms with E-state index in [-0.39, 0.29) is 0 Å². The normalized spacial score (nSPS) is 12.5. The second-order valence-electron chi connectivity index (χ2n) is 5.08. The van der Waals surface area contributed by atoms with Crippen molar-refractivity contribution in [3.8, 4) is 0 Å². The number of pyridine rings is 1. The van der Waals surface area contributed by atoms with Gasteiger partial charge in [0.25, 0.3) is 0 Å². The van der Waals surface area contributed by atoms with Gasteiger partial charge in [-0.3, -0.25) is 4.98 Å². The van der Waals surface area contributed by atoms with Crippen LogP contribution in [0.1, 0.15) is 21.6 Å². The van der Waals surface area contributed by atoms with Crippen LogP contribution in [-0.2, 0) is 6.42 Å². The molecule has 1 unspecified atom stereocenters. The third-order valence-electron chi connectivity index (χ3n) is 3.48. The predicted molar refractivity (Wildman–Crippen MR) is 88.3 cm³/mol. The van der Waals surface area contributed by atoms with Crippen molar-refractivity contribution < 1.29 is 0 Å². The maximum atomic E-state index is 4.73. The molecule has 20 heavy (non-hydrogen) atoms. The van der Waals surface area contributed by atoms with Gasteiger partial charge < -0.3 is 0 Å². The molecule has 0 aliphatic rings. The highest BCUT2D eigenvalue weighted by atomic mass is 79.9. The molecule has 3 rings (SSSR count). The molecule has 0 saturated heterocycles. The van der Waals surface area contributed by atoms with Crippen molar-refractivity contribution in [2.24, 2.45) is 0 Å². The minimum atomic E-state index is 0.303. The van der Waals surface area contributed by atoms with Crippen LogP contribution in [0.2, 0.25) is 0 Å². The zero-order chi connectivity index (χ0) is 13.9. The van der Waals surface area contributed by atoms with Crippen molar-refractivity contribution in [2.75, 3.05) is 0 Å². The number of hydrogen-bond acceptors (Lipinski definition) is 1. The van der Waals surface area contributed by atoms with E-state index < -0.39 is 0 Å². The number of alkyl halides is 1. The summed E-state index contributed by atoms with van der Waals surface area (Å²) in [6.45, 7) is 2.11. The Balaban J connectivity index is 1.83. The minimum Gasteiger partial charge on any atom is -0.253 e. The number of rotatable bonds is 3. The minimum absolute atomic E-state index is 0.303. The molecule has 1 atom stereocenters. The molecule has 0 aliphatic heterocycles. The summed E-state index contributed by atoms with van der Waals surface area (Å²) in [6, 6.07) is 21.2. The largest absolute Gasteiger partial charge is 0.253 e. The Morgan fingerprint density at radius 3 is 2.50 bits per heavy atom. The first-order valence-corrected chi connectivity index (χ1v) is 7.69. The van der Waals surface area contributed by atoms with Gasteiger partial charge in [0.05, 0.1) is 5.52 Å². The molecular weight excluding hydrogens is 310 g/mol. The third-order valence-corrected chi connectivity index (χ3v) is 4.34. The molecule has 1 heterocycles. The van der Waals surface area contributed by atoms with Crippen LogP contribution in [0.3, 0.4) is 0 Å². The highest BCUT2D eigenvalue weighted by molar-refractivity contribution is 9.09. The molecule has 0 amide bonds. The van der Waals surface area contributed by atoms with Crippen LogP contribution in [0, 0.1) is 6.92 Å². The van der Waals surface area contributed by atoms with Crippen LogP contribution < -0.4 is 0 Å². The molecule has 100 valence electrons. The van der Waals surface area contributed by atoms with Gasteiger partial charge in [-0.05, 0) is 24.6 Å². The van der Waals surface area contributed by atoms with Gasteiger partial charge in [-0.25, -0.2) is 0 Å². The topological polar surface area (TPSA) is 12.9 Å². The van der Waals surface area contributed by atoms with E-state index in [0.29, 0.717) is 4.83 Å². The summed E-state index contributed by atoms with van der Waals surface area (Å²) < 4.78 is 0. The van der Waals surface area contributed by atoms with Gasteiger partial charge in [0.15, 0.2) is 0 Å². The summed E-state index contributed by atoms with van der Waals surface area (Å²) in [5.74, 6) is 0. The summed E-state index contributed by atoms with van der Waals surface area (Å²) in [5, 5.41) is 1.19. The summed E-state index contributed by atoms with van der Waals surface area (Å²) in [5.41, 5.74) is 4.77. The van der Waals surface area contributed by atoms with Crippen LogP contribution >= 0.6 is 15.9 Å². The Morgan fingerprint density at radius 2 is 1.70 bits per heavy atom. The fourth-order valence-electron chi connectivity index (χ4n) is 2.30. The zero-order valence-corrected chi connectivity index (χ0v) is 13.0. The van der Waals surface area contributed by atoms with E-state index in [1.54, 1.807) is 0 Å². The average molecular weight is 326 g/mol. The Bertz CT molecular complexity index is 719. The number of nitrogens with zero attached hydrogens (tertiary/aromatic N) is 1. The van der Waals surface area contributed by atoms with Gasteiger partial charge in [0.1, 0.15) is 0 Å². The molecule has 1 aromatic heterocycles. The zero-order valence-electron chi connectivity index (χ0n) is 11.4. The first kappa shape index (κ1) is 13.3. The summed E-state index contributed by atoms with van der Waals surface area (Å²) in [7, 11) is 0. The summed E-state index contributed by atoms with van der Waals surface area (Å²) >= 11 is 3.77. The maximum Gasteiger partial charge on any atom is 0.0705 e. The number of aromatic nitrogens is 1. The number of hydrogen-bond donors (Lipinski definition) is 0. The lowest BCUT2D eigenvalue weighted by atomic mass is 10.1. The van der Waals surface area contributed by atoms with Crippen molar-refractivity contribution in [3.05, 3.63) is 77.5 Å². The molecule has 0 radical (unpaired) electrons. The quantitative estimate of drug-likeness (QED) is 0.601. The molecule has 1 nitrogen and oxygen atoms in total. The molecular formula is C18H16BrN. The van der Waals surface area contributed by atoms with Crippen LogP contribution in [-0.4, -0.2) is 4.98 Å². The van der Waals surface area contributed by atoms with E-state index >= 15 is 0 Å². The van der Waals surface area contributed by atoms with E-state index in [2.05, 4.69) is 71.4 Å². The molecule has 0 saturated carbocycles. The molecule has 0 bridgehead atoms. The smallest absolute Gasteiger partial charge is 0.0705 e. The molecule has 3 aromatic rings. The van der Waals surface area contributed by atoms with Crippen molar-refractivity contribution >= 4 is 26.8 Å². The average Bonchev–Trinajstić information content (AvgIpc) is 2.48. The molecule has 2 heteroatoms. The number of aryl methyl sites for hydroxylation is 1. The Kier molecular flexibility index (Phi) is 3.83.